The number of amides is 2. The summed E-state index contributed by atoms with van der Waals surface area (Å²) in [5.74, 6) is -1.59. The Morgan fingerprint density at radius 1 is 1.09 bits per heavy atom. The first kappa shape index (κ1) is 23.8. The molecule has 180 valence electrons. The molecule has 8 heteroatoms. The first-order valence-corrected chi connectivity index (χ1v) is 11.6. The van der Waals surface area contributed by atoms with Crippen molar-refractivity contribution in [1.29, 1.82) is 0 Å². The van der Waals surface area contributed by atoms with E-state index >= 15 is 0 Å². The van der Waals surface area contributed by atoms with E-state index in [9.17, 15) is 19.5 Å². The van der Waals surface area contributed by atoms with Crippen LogP contribution >= 0.6 is 0 Å². The number of methoxy groups -OCH3 is 1. The van der Waals surface area contributed by atoms with Gasteiger partial charge in [0.1, 0.15) is 18.7 Å². The van der Waals surface area contributed by atoms with Gasteiger partial charge in [0.05, 0.1) is 6.10 Å². The molecule has 1 fully saturated rings. The molecule has 34 heavy (non-hydrogen) atoms. The van der Waals surface area contributed by atoms with Crippen molar-refractivity contribution in [2.45, 2.75) is 50.3 Å². The lowest BCUT2D eigenvalue weighted by Gasteiger charge is -2.27. The number of fused-ring (bicyclic) bond motifs is 3. The van der Waals surface area contributed by atoms with Gasteiger partial charge in [0.25, 0.3) is 0 Å². The molecule has 3 atom stereocenters. The Morgan fingerprint density at radius 2 is 1.71 bits per heavy atom. The van der Waals surface area contributed by atoms with E-state index in [2.05, 4.69) is 17.4 Å². The molecule has 2 aromatic rings. The molecule has 1 saturated heterocycles. The van der Waals surface area contributed by atoms with Crippen molar-refractivity contribution in [3.63, 3.8) is 0 Å². The predicted molar refractivity (Wildman–Crippen MR) is 125 cm³/mol. The number of carbonyl (C=O) groups excluding carboxylic acids is 2. The van der Waals surface area contributed by atoms with Crippen LogP contribution in [0.25, 0.3) is 11.1 Å². The lowest BCUT2D eigenvalue weighted by molar-refractivity contribution is -0.149. The SMILES string of the molecule is CCC[C@H](NC(=O)OCC1c2ccccc2-c2ccccc21)C(=O)N1CC(OC)CC1C(=O)O. The van der Waals surface area contributed by atoms with Gasteiger partial charge in [-0.2, -0.15) is 0 Å². The zero-order valence-corrected chi connectivity index (χ0v) is 19.4. The molecule has 1 aliphatic heterocycles. The first-order valence-electron chi connectivity index (χ1n) is 11.6. The average molecular weight is 467 g/mol. The van der Waals surface area contributed by atoms with E-state index in [-0.39, 0.29) is 31.6 Å². The average Bonchev–Trinajstić information content (AvgIpc) is 3.42. The summed E-state index contributed by atoms with van der Waals surface area (Å²) in [5, 5.41) is 12.2. The molecular weight excluding hydrogens is 436 g/mol. The summed E-state index contributed by atoms with van der Waals surface area (Å²) in [6.45, 7) is 2.22. The first-order chi connectivity index (χ1) is 16.4. The molecule has 4 rings (SSSR count). The van der Waals surface area contributed by atoms with E-state index in [1.165, 1.54) is 12.0 Å². The highest BCUT2D eigenvalue weighted by Crippen LogP contribution is 2.44. The van der Waals surface area contributed by atoms with Gasteiger partial charge in [-0.05, 0) is 28.7 Å². The zero-order valence-electron chi connectivity index (χ0n) is 19.4. The van der Waals surface area contributed by atoms with Crippen LogP contribution in [0.1, 0.15) is 43.2 Å². The van der Waals surface area contributed by atoms with E-state index in [1.54, 1.807) is 0 Å². The van der Waals surface area contributed by atoms with Crippen LogP contribution in [-0.2, 0) is 19.1 Å². The van der Waals surface area contributed by atoms with Gasteiger partial charge in [0.2, 0.25) is 5.91 Å². The largest absolute Gasteiger partial charge is 0.480 e. The lowest BCUT2D eigenvalue weighted by atomic mass is 9.98. The van der Waals surface area contributed by atoms with Gasteiger partial charge in [0, 0.05) is 26.0 Å². The Bertz CT molecular complexity index is 1030. The normalized spacial score (nSPS) is 19.9. The van der Waals surface area contributed by atoms with Crippen molar-refractivity contribution in [3.8, 4) is 11.1 Å². The van der Waals surface area contributed by atoms with Crippen LogP contribution in [0.3, 0.4) is 0 Å². The van der Waals surface area contributed by atoms with E-state index < -0.39 is 30.1 Å². The van der Waals surface area contributed by atoms with Crippen molar-refractivity contribution in [3.05, 3.63) is 59.7 Å². The summed E-state index contributed by atoms with van der Waals surface area (Å²) in [5.41, 5.74) is 4.47. The van der Waals surface area contributed by atoms with E-state index in [1.807, 2.05) is 43.3 Å². The molecule has 2 aliphatic rings. The number of likely N-dealkylation sites (tertiary alicyclic amines) is 1. The molecule has 2 N–H and O–H groups in total. The summed E-state index contributed by atoms with van der Waals surface area (Å²) < 4.78 is 10.9. The van der Waals surface area contributed by atoms with Crippen LogP contribution in [0.15, 0.2) is 48.5 Å². The maximum Gasteiger partial charge on any atom is 0.407 e. The minimum absolute atomic E-state index is 0.0871. The van der Waals surface area contributed by atoms with Gasteiger partial charge in [-0.15, -0.1) is 0 Å². The highest BCUT2D eigenvalue weighted by atomic mass is 16.5. The van der Waals surface area contributed by atoms with Crippen LogP contribution in [0, 0.1) is 0 Å². The number of hydrogen-bond acceptors (Lipinski definition) is 5. The number of benzene rings is 2. The number of carboxylic acids is 1. The molecule has 0 saturated carbocycles. The third-order valence-electron chi connectivity index (χ3n) is 6.68. The number of nitrogens with zero attached hydrogens (tertiary/aromatic N) is 1. The van der Waals surface area contributed by atoms with E-state index in [0.29, 0.717) is 12.8 Å². The number of aliphatic carboxylic acids is 1. The molecule has 8 nitrogen and oxygen atoms in total. The van der Waals surface area contributed by atoms with Gasteiger partial charge < -0.3 is 24.8 Å². The summed E-state index contributed by atoms with van der Waals surface area (Å²) in [6, 6.07) is 14.3. The third-order valence-corrected chi connectivity index (χ3v) is 6.68. The fourth-order valence-electron chi connectivity index (χ4n) is 4.97. The lowest BCUT2D eigenvalue weighted by Crippen LogP contribution is -2.52. The van der Waals surface area contributed by atoms with Crippen LogP contribution in [0.2, 0.25) is 0 Å². The highest BCUT2D eigenvalue weighted by molar-refractivity contribution is 5.90. The summed E-state index contributed by atoms with van der Waals surface area (Å²) in [4.78, 5) is 38.9. The second-order valence-electron chi connectivity index (χ2n) is 8.75. The van der Waals surface area contributed by atoms with Crippen LogP contribution < -0.4 is 5.32 Å². The van der Waals surface area contributed by atoms with Gasteiger partial charge in [0.15, 0.2) is 0 Å². The number of ether oxygens (including phenoxy) is 2. The Morgan fingerprint density at radius 3 is 2.26 bits per heavy atom. The number of alkyl carbamates (subject to hydrolysis) is 1. The molecule has 1 heterocycles. The van der Waals surface area contributed by atoms with Crippen LogP contribution in [0.4, 0.5) is 4.79 Å². The maximum atomic E-state index is 13.2. The molecule has 2 unspecified atom stereocenters. The fourth-order valence-corrected chi connectivity index (χ4v) is 4.97. The minimum Gasteiger partial charge on any atom is -0.480 e. The second-order valence-corrected chi connectivity index (χ2v) is 8.75. The van der Waals surface area contributed by atoms with Crippen molar-refractivity contribution < 1.29 is 29.0 Å². The Balaban J connectivity index is 1.43. The fraction of sp³-hybridized carbons (Fsp3) is 0.423. The van der Waals surface area contributed by atoms with Crippen molar-refractivity contribution in [2.75, 3.05) is 20.3 Å². The van der Waals surface area contributed by atoms with E-state index in [0.717, 1.165) is 22.3 Å². The van der Waals surface area contributed by atoms with Crippen LogP contribution in [0.5, 0.6) is 0 Å². The minimum atomic E-state index is -1.08. The Kier molecular flexibility index (Phi) is 7.17. The monoisotopic (exact) mass is 466 g/mol. The molecule has 0 aromatic heterocycles. The zero-order chi connectivity index (χ0) is 24.2. The smallest absolute Gasteiger partial charge is 0.407 e. The predicted octanol–water partition coefficient (Wildman–Crippen LogP) is 3.39. The molecular formula is C26H30N2O6. The highest BCUT2D eigenvalue weighted by Gasteiger charge is 2.42. The number of rotatable bonds is 8. The number of nitrogens with one attached hydrogen (secondary N) is 1. The number of hydrogen-bond donors (Lipinski definition) is 2. The topological polar surface area (TPSA) is 105 Å². The maximum absolute atomic E-state index is 13.2. The quantitative estimate of drug-likeness (QED) is 0.618. The summed E-state index contributed by atoms with van der Waals surface area (Å²) >= 11 is 0. The standard InChI is InChI=1S/C26H30N2O6/c1-3-8-22(24(29)28-14-16(33-2)13-23(28)25(30)31)27-26(32)34-15-21-19-11-6-4-9-17(19)18-10-5-7-12-20(18)21/h4-7,9-12,16,21-23H,3,8,13-15H2,1-2H3,(H,27,32)(H,30,31)/t16?,22-,23?/m0/s1. The van der Waals surface area contributed by atoms with Crippen LogP contribution in [-0.4, -0.2) is 66.4 Å². The van der Waals surface area contributed by atoms with Gasteiger partial charge in [-0.3, -0.25) is 4.79 Å². The Labute approximate surface area is 198 Å². The Hall–Kier alpha value is -3.39. The third kappa shape index (κ3) is 4.63. The summed E-state index contributed by atoms with van der Waals surface area (Å²) in [6.07, 6.45) is 0.203. The van der Waals surface area contributed by atoms with E-state index in [4.69, 9.17) is 9.47 Å². The number of carbonyl (C=O) groups is 3. The van der Waals surface area contributed by atoms with Gasteiger partial charge in [-0.1, -0.05) is 61.9 Å². The summed E-state index contributed by atoms with van der Waals surface area (Å²) in [7, 11) is 1.50. The molecule has 0 radical (unpaired) electrons. The molecule has 2 amide bonds. The second kappa shape index (κ2) is 10.3. The molecule has 0 spiro atoms. The van der Waals surface area contributed by atoms with Crippen molar-refractivity contribution in [1.82, 2.24) is 10.2 Å². The number of carboxylic acid groups (broad SMARTS) is 1. The van der Waals surface area contributed by atoms with Crippen molar-refractivity contribution in [2.24, 2.45) is 0 Å². The molecule has 1 aliphatic carbocycles. The molecule has 0 bridgehead atoms. The van der Waals surface area contributed by atoms with Gasteiger partial charge >= 0.3 is 12.1 Å². The van der Waals surface area contributed by atoms with Gasteiger partial charge in [-0.25, -0.2) is 9.59 Å². The van der Waals surface area contributed by atoms with Crippen molar-refractivity contribution >= 4 is 18.0 Å². The molecule has 2 aromatic carbocycles.